The molecule has 6 rings (SSSR count). The topological polar surface area (TPSA) is 137 Å². The Bertz CT molecular complexity index is 1160. The molecule has 6 aliphatic rings. The molecule has 5 N–H and O–H groups in total. The van der Waals surface area contributed by atoms with E-state index in [2.05, 4.69) is 47.6 Å². The van der Waals surface area contributed by atoms with Crippen LogP contribution in [0.2, 0.25) is 0 Å². The van der Waals surface area contributed by atoms with Crippen molar-refractivity contribution < 1.29 is 39.8 Å². The number of fused-ring (bicyclic) bond motifs is 7. The number of aliphatic hydroxyl groups is 4. The second kappa shape index (κ2) is 9.98. The molecule has 0 aromatic carbocycles. The lowest BCUT2D eigenvalue weighted by Gasteiger charge is -2.72. The molecule has 14 atom stereocenters. The Morgan fingerprint density at radius 2 is 1.60 bits per heavy atom. The normalized spacial score (nSPS) is 56.1. The summed E-state index contributed by atoms with van der Waals surface area (Å²) in [7, 11) is 0. The van der Waals surface area contributed by atoms with Crippen molar-refractivity contribution in [3.63, 3.8) is 0 Å². The van der Waals surface area contributed by atoms with Crippen LogP contribution >= 0.6 is 0 Å². The van der Waals surface area contributed by atoms with Crippen molar-refractivity contribution in [1.82, 2.24) is 0 Å². The molecule has 8 heteroatoms. The van der Waals surface area contributed by atoms with Gasteiger partial charge in [0.2, 0.25) is 0 Å². The third-order valence-electron chi connectivity index (χ3n) is 15.2. The third-order valence-corrected chi connectivity index (χ3v) is 15.2. The number of ether oxygens (including phenoxy) is 2. The van der Waals surface area contributed by atoms with Gasteiger partial charge in [0, 0.05) is 5.92 Å². The molecule has 1 heterocycles. The van der Waals surface area contributed by atoms with Crippen molar-refractivity contribution in [3.8, 4) is 0 Å². The minimum Gasteiger partial charge on any atom is -0.481 e. The lowest BCUT2D eigenvalue weighted by atomic mass is 9.33. The number of carboxylic acid groups (broad SMARTS) is 1. The van der Waals surface area contributed by atoms with Gasteiger partial charge in [0.15, 0.2) is 6.29 Å². The summed E-state index contributed by atoms with van der Waals surface area (Å²) in [5, 5.41) is 53.4. The van der Waals surface area contributed by atoms with Gasteiger partial charge in [0.25, 0.3) is 0 Å². The molecular formula is C35H56O8. The van der Waals surface area contributed by atoms with Gasteiger partial charge in [-0.15, -0.1) is 0 Å². The molecule has 0 bridgehead atoms. The molecule has 4 saturated carbocycles. The molecule has 8 nitrogen and oxygen atoms in total. The Morgan fingerprint density at radius 3 is 2.28 bits per heavy atom. The first-order chi connectivity index (χ1) is 19.9. The molecule has 5 fully saturated rings. The number of rotatable bonds is 3. The van der Waals surface area contributed by atoms with Crippen LogP contribution < -0.4 is 0 Å². The van der Waals surface area contributed by atoms with Gasteiger partial charge >= 0.3 is 5.97 Å². The summed E-state index contributed by atoms with van der Waals surface area (Å²) in [6.07, 6.45) is 5.06. The zero-order chi connectivity index (χ0) is 31.5. The van der Waals surface area contributed by atoms with Crippen molar-refractivity contribution in [2.24, 2.45) is 50.7 Å². The monoisotopic (exact) mass is 604 g/mol. The van der Waals surface area contributed by atoms with Gasteiger partial charge in [0.1, 0.15) is 18.3 Å². The van der Waals surface area contributed by atoms with Crippen LogP contribution in [0, 0.1) is 50.7 Å². The fourth-order valence-corrected chi connectivity index (χ4v) is 12.1. The minimum absolute atomic E-state index is 0.0313. The first-order valence-corrected chi connectivity index (χ1v) is 16.9. The minimum atomic E-state index is -1.30. The first kappa shape index (κ1) is 31.9. The lowest BCUT2D eigenvalue weighted by molar-refractivity contribution is -0.308. The number of carbonyl (C=O) groups is 1. The highest BCUT2D eigenvalue weighted by Gasteiger charge is 2.71. The predicted molar refractivity (Wildman–Crippen MR) is 161 cm³/mol. The molecule has 0 aromatic rings. The van der Waals surface area contributed by atoms with E-state index < -0.39 is 41.6 Å². The predicted octanol–water partition coefficient (Wildman–Crippen LogP) is 4.67. The van der Waals surface area contributed by atoms with Crippen LogP contribution in [0.4, 0.5) is 0 Å². The van der Waals surface area contributed by atoms with Crippen LogP contribution in [-0.4, -0.2) is 74.4 Å². The molecule has 244 valence electrons. The maximum atomic E-state index is 13.0. The van der Waals surface area contributed by atoms with E-state index in [1.54, 1.807) is 0 Å². The zero-order valence-electron chi connectivity index (χ0n) is 27.3. The van der Waals surface area contributed by atoms with Gasteiger partial charge in [-0.3, -0.25) is 4.79 Å². The first-order valence-electron chi connectivity index (χ1n) is 16.9. The molecule has 0 amide bonds. The highest BCUT2D eigenvalue weighted by molar-refractivity contribution is 5.77. The summed E-state index contributed by atoms with van der Waals surface area (Å²) >= 11 is 0. The largest absolute Gasteiger partial charge is 0.481 e. The van der Waals surface area contributed by atoms with Gasteiger partial charge in [0.05, 0.1) is 23.7 Å². The second-order valence-electron chi connectivity index (χ2n) is 17.1. The maximum absolute atomic E-state index is 13.0. The number of allylic oxidation sites excluding steroid dienone is 1. The average Bonchev–Trinajstić information content (AvgIpc) is 2.92. The Balaban J connectivity index is 1.33. The van der Waals surface area contributed by atoms with Crippen LogP contribution in [0.25, 0.3) is 0 Å². The Kier molecular flexibility index (Phi) is 7.41. The quantitative estimate of drug-likeness (QED) is 0.232. The summed E-state index contributed by atoms with van der Waals surface area (Å²) in [5.74, 6) is -0.306. The molecule has 0 spiro atoms. The number of carboxylic acids is 1. The van der Waals surface area contributed by atoms with Crippen LogP contribution in [0.15, 0.2) is 11.6 Å². The van der Waals surface area contributed by atoms with Crippen molar-refractivity contribution >= 4 is 5.97 Å². The van der Waals surface area contributed by atoms with Crippen LogP contribution in [0.3, 0.4) is 0 Å². The van der Waals surface area contributed by atoms with E-state index in [0.29, 0.717) is 24.7 Å². The Hall–Kier alpha value is -1.03. The number of aliphatic hydroxyl groups excluding tert-OH is 3. The highest BCUT2D eigenvalue weighted by atomic mass is 16.7. The van der Waals surface area contributed by atoms with E-state index in [9.17, 15) is 30.3 Å². The maximum Gasteiger partial charge on any atom is 0.310 e. The summed E-state index contributed by atoms with van der Waals surface area (Å²) < 4.78 is 12.1. The van der Waals surface area contributed by atoms with Crippen LogP contribution in [0.1, 0.15) is 106 Å². The van der Waals surface area contributed by atoms with E-state index >= 15 is 0 Å². The van der Waals surface area contributed by atoms with E-state index in [4.69, 9.17) is 9.47 Å². The number of aliphatic carboxylic acids is 1. The third kappa shape index (κ3) is 4.11. The lowest BCUT2D eigenvalue weighted by Crippen LogP contribution is -2.68. The number of hydrogen-bond acceptors (Lipinski definition) is 7. The molecule has 0 radical (unpaired) electrons. The van der Waals surface area contributed by atoms with E-state index in [-0.39, 0.29) is 46.2 Å². The second-order valence-corrected chi connectivity index (χ2v) is 17.1. The Labute approximate surface area is 257 Å². The molecular weight excluding hydrogens is 548 g/mol. The van der Waals surface area contributed by atoms with Crippen molar-refractivity contribution in [1.29, 1.82) is 0 Å². The van der Waals surface area contributed by atoms with Crippen molar-refractivity contribution in [3.05, 3.63) is 11.6 Å². The fourth-order valence-electron chi connectivity index (χ4n) is 12.1. The molecule has 1 aliphatic heterocycles. The van der Waals surface area contributed by atoms with E-state index in [1.165, 1.54) is 5.57 Å². The average molecular weight is 605 g/mol. The fraction of sp³-hybridized carbons (Fsp3) is 0.914. The zero-order valence-corrected chi connectivity index (χ0v) is 27.3. The van der Waals surface area contributed by atoms with Gasteiger partial charge < -0.3 is 35.0 Å². The van der Waals surface area contributed by atoms with Crippen LogP contribution in [-0.2, 0) is 14.3 Å². The van der Waals surface area contributed by atoms with Crippen molar-refractivity contribution in [2.75, 3.05) is 6.61 Å². The standard InChI is InChI=1S/C35H56O8/c1-19-10-15-35(29(39)40)17-16-32(5)20(27(35)34(19,7)41)8-9-23-31(4)13-12-24(30(2,3)22(31)11-14-33(23,32)6)43-28-26(38)25(37)21(36)18-42-28/h8,19,21-28,36-38,41H,9-18H2,1-7H3,(H,39,40)/t19-,21+,22+,23-,24+,25-,26-,27-,28+,31+,32-,33-,34-,35+/m1/s1. The smallest absolute Gasteiger partial charge is 0.310 e. The van der Waals surface area contributed by atoms with Crippen LogP contribution in [0.5, 0.6) is 0 Å². The Morgan fingerprint density at radius 1 is 0.907 bits per heavy atom. The van der Waals surface area contributed by atoms with Crippen molar-refractivity contribution in [2.45, 2.75) is 143 Å². The number of hydrogen-bond donors (Lipinski definition) is 5. The molecule has 5 aliphatic carbocycles. The van der Waals surface area contributed by atoms with Gasteiger partial charge in [-0.2, -0.15) is 0 Å². The van der Waals surface area contributed by atoms with Gasteiger partial charge in [-0.1, -0.05) is 53.2 Å². The highest BCUT2D eigenvalue weighted by Crippen LogP contribution is 2.76. The molecule has 43 heavy (non-hydrogen) atoms. The summed E-state index contributed by atoms with van der Waals surface area (Å²) in [6, 6.07) is 0. The summed E-state index contributed by atoms with van der Waals surface area (Å²) in [4.78, 5) is 13.0. The SMILES string of the molecule is C[C@@H]1CC[C@]2(C(=O)O)CC[C@]3(C)C(=CC[C@@H]4[C@@]5(C)CC[C@H](O[C@@H]6OC[C@H](O)[C@@H](O)[C@H]6O)C(C)(C)[C@@H]5CC[C@]43C)[C@@H]2[C@]1(C)O. The van der Waals surface area contributed by atoms with Gasteiger partial charge in [-0.25, -0.2) is 0 Å². The molecule has 1 saturated heterocycles. The van der Waals surface area contributed by atoms with Gasteiger partial charge in [-0.05, 0) is 104 Å². The molecule has 0 unspecified atom stereocenters. The summed E-state index contributed by atoms with van der Waals surface area (Å²) in [5.41, 5.74) is -1.16. The molecule has 0 aromatic heterocycles. The summed E-state index contributed by atoms with van der Waals surface area (Å²) in [6.45, 7) is 15.8. The van der Waals surface area contributed by atoms with E-state index in [0.717, 1.165) is 44.9 Å². The van der Waals surface area contributed by atoms with E-state index in [1.807, 2.05) is 6.92 Å².